The molecule has 0 radical (unpaired) electrons. The van der Waals surface area contributed by atoms with Crippen LogP contribution in [0.25, 0.3) is 16.6 Å². The maximum atomic E-state index is 6.04. The molecule has 0 unspecified atom stereocenters. The molecule has 0 amide bonds. The number of aliphatic imine (C=N–C) groups is 1. The summed E-state index contributed by atoms with van der Waals surface area (Å²) in [4.78, 5) is 13.2. The quantitative estimate of drug-likeness (QED) is 0.462. The van der Waals surface area contributed by atoms with Crippen LogP contribution in [0.1, 0.15) is 37.3 Å². The van der Waals surface area contributed by atoms with Crippen LogP contribution in [0.3, 0.4) is 0 Å². The lowest BCUT2D eigenvalue weighted by Gasteiger charge is -2.09. The van der Waals surface area contributed by atoms with Crippen molar-refractivity contribution in [1.29, 1.82) is 0 Å². The van der Waals surface area contributed by atoms with Gasteiger partial charge in [-0.25, -0.2) is 4.98 Å². The highest BCUT2D eigenvalue weighted by molar-refractivity contribution is 7.15. The minimum atomic E-state index is 0.304. The molecule has 3 aromatic heterocycles. The maximum absolute atomic E-state index is 6.04. The Labute approximate surface area is 167 Å². The van der Waals surface area contributed by atoms with Gasteiger partial charge >= 0.3 is 0 Å². The fraction of sp³-hybridized carbons (Fsp3) is 0.316. The molecule has 8 nitrogen and oxygen atoms in total. The molecule has 3 heterocycles. The van der Waals surface area contributed by atoms with E-state index >= 15 is 0 Å². The highest BCUT2D eigenvalue weighted by Gasteiger charge is 2.11. The molecule has 0 saturated heterocycles. The van der Waals surface area contributed by atoms with Gasteiger partial charge in [-0.1, -0.05) is 25.2 Å². The molecule has 0 spiro atoms. The van der Waals surface area contributed by atoms with Crippen molar-refractivity contribution >= 4 is 45.1 Å². The average molecular weight is 398 g/mol. The van der Waals surface area contributed by atoms with E-state index in [2.05, 4.69) is 44.3 Å². The van der Waals surface area contributed by atoms with E-state index in [1.165, 1.54) is 11.3 Å². The first-order chi connectivity index (χ1) is 13.5. The summed E-state index contributed by atoms with van der Waals surface area (Å²) >= 11 is 1.52. The van der Waals surface area contributed by atoms with Gasteiger partial charge in [0.05, 0.1) is 23.2 Å². The highest BCUT2D eigenvalue weighted by Crippen LogP contribution is 2.26. The van der Waals surface area contributed by atoms with E-state index in [1.807, 2.05) is 25.1 Å². The first-order valence-corrected chi connectivity index (χ1v) is 9.75. The summed E-state index contributed by atoms with van der Waals surface area (Å²) in [6.07, 6.45) is 3.39. The molecule has 146 valence electrons. The summed E-state index contributed by atoms with van der Waals surface area (Å²) in [7, 11) is 1.68. The Morgan fingerprint density at radius 3 is 2.82 bits per heavy atom. The summed E-state index contributed by atoms with van der Waals surface area (Å²) in [6, 6.07) is 5.68. The van der Waals surface area contributed by atoms with Gasteiger partial charge in [-0.3, -0.25) is 9.98 Å². The summed E-state index contributed by atoms with van der Waals surface area (Å²) in [6.45, 7) is 6.53. The number of ether oxygens (including phenoxy) is 1. The molecule has 0 aliphatic heterocycles. The Hall–Kier alpha value is -3.07. The predicted molar refractivity (Wildman–Crippen MR) is 114 cm³/mol. The predicted octanol–water partition coefficient (Wildman–Crippen LogP) is 3.71. The van der Waals surface area contributed by atoms with Gasteiger partial charge in [-0.15, -0.1) is 10.2 Å². The van der Waals surface area contributed by atoms with Gasteiger partial charge in [0, 0.05) is 30.9 Å². The number of aromatic nitrogens is 4. The van der Waals surface area contributed by atoms with Crippen molar-refractivity contribution in [3.05, 3.63) is 40.9 Å². The topological polar surface area (TPSA) is 111 Å². The zero-order valence-electron chi connectivity index (χ0n) is 16.3. The lowest BCUT2D eigenvalue weighted by molar-refractivity contribution is 0.229. The third kappa shape index (κ3) is 4.42. The van der Waals surface area contributed by atoms with Crippen LogP contribution in [0.15, 0.2) is 35.3 Å². The molecule has 28 heavy (non-hydrogen) atoms. The number of nitrogens with zero attached hydrogens (tertiary/aromatic N) is 5. The lowest BCUT2D eigenvalue weighted by Crippen LogP contribution is -2.08. The Bertz CT molecular complexity index is 1030. The van der Waals surface area contributed by atoms with E-state index in [0.717, 1.165) is 21.6 Å². The van der Waals surface area contributed by atoms with Crippen molar-refractivity contribution in [2.45, 2.75) is 26.7 Å². The van der Waals surface area contributed by atoms with Crippen LogP contribution in [0.2, 0.25) is 0 Å². The molecule has 0 fully saturated rings. The van der Waals surface area contributed by atoms with Crippen LogP contribution < -0.4 is 11.1 Å². The van der Waals surface area contributed by atoms with Crippen LogP contribution in [-0.2, 0) is 4.74 Å². The normalized spacial score (nSPS) is 12.6. The number of hydrogen-bond donors (Lipinski definition) is 2. The van der Waals surface area contributed by atoms with Gasteiger partial charge in [-0.2, -0.15) is 0 Å². The number of allylic oxidation sites excluding steroid dienone is 1. The fourth-order valence-electron chi connectivity index (χ4n) is 2.49. The van der Waals surface area contributed by atoms with Crippen molar-refractivity contribution in [3.8, 4) is 0 Å². The SMILES string of the molecule is CCOC(N)=C(C=NC)c1cnc2ccc(Nc3nnc(C(C)C)s3)nc2c1. The number of fused-ring (bicyclic) bond motifs is 1. The zero-order chi connectivity index (χ0) is 20.1. The summed E-state index contributed by atoms with van der Waals surface area (Å²) in [5, 5.41) is 13.2. The second kappa shape index (κ2) is 8.75. The van der Waals surface area contributed by atoms with Gasteiger partial charge in [-0.05, 0) is 25.1 Å². The molecule has 0 saturated carbocycles. The molecular formula is C19H23N7OS. The molecule has 3 rings (SSSR count). The first-order valence-electron chi connectivity index (χ1n) is 8.94. The third-order valence-corrected chi connectivity index (χ3v) is 4.98. The standard InChI is InChI=1S/C19H23N7OS/c1-5-27-17(20)13(10-21-4)12-8-15-14(22-9-12)6-7-16(23-15)24-19-26-25-18(28-19)11(2)3/h6-11H,5,20H2,1-4H3,(H,23,24,26). The minimum absolute atomic E-state index is 0.304. The lowest BCUT2D eigenvalue weighted by atomic mass is 10.1. The number of hydrogen-bond acceptors (Lipinski definition) is 9. The second-order valence-corrected chi connectivity index (χ2v) is 7.29. The van der Waals surface area contributed by atoms with Gasteiger partial charge in [0.1, 0.15) is 10.8 Å². The summed E-state index contributed by atoms with van der Waals surface area (Å²) < 4.78 is 5.44. The number of nitrogens with two attached hydrogens (primary N) is 1. The Morgan fingerprint density at radius 2 is 2.14 bits per heavy atom. The van der Waals surface area contributed by atoms with Gasteiger partial charge in [0.2, 0.25) is 5.13 Å². The molecule has 3 N–H and O–H groups in total. The van der Waals surface area contributed by atoms with Crippen molar-refractivity contribution in [2.24, 2.45) is 10.7 Å². The van der Waals surface area contributed by atoms with Crippen LogP contribution in [0.4, 0.5) is 10.9 Å². The van der Waals surface area contributed by atoms with Crippen molar-refractivity contribution in [2.75, 3.05) is 19.0 Å². The number of pyridine rings is 2. The molecule has 0 aromatic carbocycles. The number of nitrogens with one attached hydrogen (secondary N) is 1. The van der Waals surface area contributed by atoms with Crippen molar-refractivity contribution in [3.63, 3.8) is 0 Å². The van der Waals surface area contributed by atoms with Gasteiger partial charge < -0.3 is 15.8 Å². The van der Waals surface area contributed by atoms with Crippen LogP contribution >= 0.6 is 11.3 Å². The highest BCUT2D eigenvalue weighted by atomic mass is 32.1. The summed E-state index contributed by atoms with van der Waals surface area (Å²) in [5.41, 5.74) is 9.00. The zero-order valence-corrected chi connectivity index (χ0v) is 17.1. The van der Waals surface area contributed by atoms with Crippen LogP contribution in [0.5, 0.6) is 0 Å². The Morgan fingerprint density at radius 1 is 1.32 bits per heavy atom. The van der Waals surface area contributed by atoms with E-state index in [1.54, 1.807) is 19.5 Å². The number of rotatable bonds is 7. The largest absolute Gasteiger partial charge is 0.479 e. The monoisotopic (exact) mass is 397 g/mol. The molecule has 0 bridgehead atoms. The summed E-state index contributed by atoms with van der Waals surface area (Å²) in [5.74, 6) is 1.31. The Balaban J connectivity index is 1.95. The van der Waals surface area contributed by atoms with E-state index in [-0.39, 0.29) is 0 Å². The van der Waals surface area contributed by atoms with Gasteiger partial charge in [0.15, 0.2) is 5.88 Å². The van der Waals surface area contributed by atoms with Crippen molar-refractivity contribution in [1.82, 2.24) is 20.2 Å². The van der Waals surface area contributed by atoms with Crippen molar-refractivity contribution < 1.29 is 4.74 Å². The first kappa shape index (κ1) is 19.7. The third-order valence-electron chi connectivity index (χ3n) is 3.84. The smallest absolute Gasteiger partial charge is 0.211 e. The average Bonchev–Trinajstić information content (AvgIpc) is 3.14. The molecule has 0 aliphatic carbocycles. The van der Waals surface area contributed by atoms with E-state index in [9.17, 15) is 0 Å². The molecule has 3 aromatic rings. The molecule has 0 aliphatic rings. The number of anilines is 2. The Kier molecular flexibility index (Phi) is 6.15. The van der Waals surface area contributed by atoms with Gasteiger partial charge in [0.25, 0.3) is 0 Å². The molecular weight excluding hydrogens is 374 g/mol. The second-order valence-electron chi connectivity index (χ2n) is 6.28. The maximum Gasteiger partial charge on any atom is 0.211 e. The van der Waals surface area contributed by atoms with E-state index < -0.39 is 0 Å². The van der Waals surface area contributed by atoms with Crippen LogP contribution in [0, 0.1) is 0 Å². The molecule has 9 heteroatoms. The van der Waals surface area contributed by atoms with E-state index in [0.29, 0.717) is 34.9 Å². The minimum Gasteiger partial charge on any atom is -0.479 e. The molecule has 0 atom stereocenters. The van der Waals surface area contributed by atoms with Crippen LogP contribution in [-0.4, -0.2) is 40.0 Å². The van der Waals surface area contributed by atoms with E-state index in [4.69, 9.17) is 10.5 Å². The fourth-order valence-corrected chi connectivity index (χ4v) is 3.25.